The Morgan fingerprint density at radius 2 is 2.00 bits per heavy atom. The normalized spacial score (nSPS) is 23.4. The van der Waals surface area contributed by atoms with Crippen LogP contribution >= 0.6 is 0 Å². The molecule has 5 heteroatoms. The van der Waals surface area contributed by atoms with Gasteiger partial charge in [-0.2, -0.15) is 0 Å². The lowest BCUT2D eigenvalue weighted by molar-refractivity contribution is -0.00499. The Morgan fingerprint density at radius 1 is 1.33 bits per heavy atom. The molecule has 0 aliphatic carbocycles. The molecular weight excluding hydrogens is 264 g/mol. The summed E-state index contributed by atoms with van der Waals surface area (Å²) in [5, 5.41) is 3.45. The fraction of sp³-hybridized carbons (Fsp3) is 0.750. The first kappa shape index (κ1) is 16.2. The van der Waals surface area contributed by atoms with E-state index in [1.54, 1.807) is 7.11 Å². The summed E-state index contributed by atoms with van der Waals surface area (Å²) in [5.41, 5.74) is 1.13. The number of rotatable bonds is 4. The Morgan fingerprint density at radius 3 is 2.57 bits per heavy atom. The van der Waals surface area contributed by atoms with Crippen molar-refractivity contribution in [3.05, 3.63) is 18.0 Å². The zero-order chi connectivity index (χ0) is 15.5. The van der Waals surface area contributed by atoms with Crippen LogP contribution in [0.3, 0.4) is 0 Å². The molecular formula is C16H28N4O. The highest BCUT2D eigenvalue weighted by Crippen LogP contribution is 2.25. The molecule has 1 fully saturated rings. The van der Waals surface area contributed by atoms with Crippen LogP contribution in [-0.2, 0) is 11.3 Å². The fourth-order valence-corrected chi connectivity index (χ4v) is 2.51. The summed E-state index contributed by atoms with van der Waals surface area (Å²) in [4.78, 5) is 11.3. The van der Waals surface area contributed by atoms with Crippen LogP contribution in [0.2, 0.25) is 0 Å². The number of methoxy groups -OCH3 is 1. The molecule has 0 saturated carbocycles. The number of hydrogen-bond donors (Lipinski definition) is 1. The van der Waals surface area contributed by atoms with Gasteiger partial charge in [-0.15, -0.1) is 0 Å². The average molecular weight is 292 g/mol. The van der Waals surface area contributed by atoms with Crippen molar-refractivity contribution in [1.29, 1.82) is 0 Å². The molecule has 21 heavy (non-hydrogen) atoms. The Balaban J connectivity index is 1.98. The van der Waals surface area contributed by atoms with Gasteiger partial charge in [0.25, 0.3) is 0 Å². The highest BCUT2D eigenvalue weighted by atomic mass is 16.5. The van der Waals surface area contributed by atoms with Gasteiger partial charge in [0, 0.05) is 50.2 Å². The molecule has 1 saturated heterocycles. The third kappa shape index (κ3) is 4.64. The number of hydrogen-bond acceptors (Lipinski definition) is 5. The number of aromatic nitrogens is 2. The van der Waals surface area contributed by atoms with E-state index >= 15 is 0 Å². The van der Waals surface area contributed by atoms with E-state index in [0.29, 0.717) is 0 Å². The topological polar surface area (TPSA) is 50.3 Å². The molecule has 0 aromatic carbocycles. The lowest BCUT2D eigenvalue weighted by Crippen LogP contribution is -2.48. The first-order valence-corrected chi connectivity index (χ1v) is 7.67. The number of nitrogens with zero attached hydrogens (tertiary/aromatic N) is 3. The molecule has 118 valence electrons. The van der Waals surface area contributed by atoms with Crippen LogP contribution in [0, 0.1) is 0 Å². The van der Waals surface area contributed by atoms with E-state index < -0.39 is 0 Å². The van der Waals surface area contributed by atoms with Crippen LogP contribution < -0.4 is 10.2 Å². The summed E-state index contributed by atoms with van der Waals surface area (Å²) in [5.74, 6) is 0.803. The molecule has 2 rings (SSSR count). The molecule has 1 atom stereocenters. The van der Waals surface area contributed by atoms with Gasteiger partial charge in [-0.1, -0.05) is 0 Å². The van der Waals surface area contributed by atoms with Crippen molar-refractivity contribution in [2.75, 3.05) is 25.1 Å². The van der Waals surface area contributed by atoms with Crippen molar-refractivity contribution < 1.29 is 4.74 Å². The Bertz CT molecular complexity index is 454. The first-order chi connectivity index (χ1) is 9.81. The van der Waals surface area contributed by atoms with Crippen molar-refractivity contribution in [2.24, 2.45) is 0 Å². The predicted molar refractivity (Wildman–Crippen MR) is 85.5 cm³/mol. The van der Waals surface area contributed by atoms with Crippen molar-refractivity contribution >= 4 is 5.95 Å². The second kappa shape index (κ2) is 6.28. The minimum absolute atomic E-state index is 0.0892. The Labute approximate surface area is 128 Å². The molecule has 1 aromatic rings. The molecule has 0 amide bonds. The van der Waals surface area contributed by atoms with E-state index in [0.717, 1.165) is 44.0 Å². The molecule has 1 aromatic heterocycles. The molecule has 0 spiro atoms. The largest absolute Gasteiger partial charge is 0.377 e. The molecule has 0 radical (unpaired) electrons. The predicted octanol–water partition coefficient (Wildman–Crippen LogP) is 2.37. The van der Waals surface area contributed by atoms with Crippen molar-refractivity contribution in [1.82, 2.24) is 15.3 Å². The van der Waals surface area contributed by atoms with Gasteiger partial charge < -0.3 is 15.0 Å². The van der Waals surface area contributed by atoms with Crippen LogP contribution in [0.4, 0.5) is 5.95 Å². The Hall–Kier alpha value is -1.20. The maximum Gasteiger partial charge on any atom is 0.225 e. The summed E-state index contributed by atoms with van der Waals surface area (Å²) in [6.45, 7) is 11.3. The fourth-order valence-electron chi connectivity index (χ4n) is 2.51. The van der Waals surface area contributed by atoms with Crippen molar-refractivity contribution in [3.63, 3.8) is 0 Å². The van der Waals surface area contributed by atoms with Gasteiger partial charge in [-0.05, 0) is 40.5 Å². The molecule has 1 N–H and O–H groups in total. The van der Waals surface area contributed by atoms with E-state index in [9.17, 15) is 0 Å². The summed E-state index contributed by atoms with van der Waals surface area (Å²) in [6, 6.07) is 0. The van der Waals surface area contributed by atoms with E-state index in [4.69, 9.17) is 4.74 Å². The standard InChI is InChI=1S/C16H28N4O/c1-15(2,3)19-11-13-9-17-14(18-10-13)20-8-6-7-16(4,12-20)21-5/h9-10,19H,6-8,11-12H2,1-5H3. The second-order valence-electron chi connectivity index (χ2n) is 7.17. The maximum absolute atomic E-state index is 5.62. The molecule has 5 nitrogen and oxygen atoms in total. The minimum atomic E-state index is -0.0892. The Kier molecular flexibility index (Phi) is 4.84. The van der Waals surface area contributed by atoms with Gasteiger partial charge in [0.05, 0.1) is 5.60 Å². The number of anilines is 1. The number of nitrogens with one attached hydrogen (secondary N) is 1. The quantitative estimate of drug-likeness (QED) is 0.923. The van der Waals surface area contributed by atoms with E-state index in [1.807, 2.05) is 12.4 Å². The third-order valence-corrected chi connectivity index (χ3v) is 3.95. The molecule has 2 heterocycles. The van der Waals surface area contributed by atoms with Gasteiger partial charge in [0.2, 0.25) is 5.95 Å². The SMILES string of the molecule is COC1(C)CCCN(c2ncc(CNC(C)(C)C)cn2)C1. The lowest BCUT2D eigenvalue weighted by atomic mass is 9.95. The van der Waals surface area contributed by atoms with Gasteiger partial charge in [0.15, 0.2) is 0 Å². The van der Waals surface area contributed by atoms with Gasteiger partial charge in [-0.3, -0.25) is 0 Å². The van der Waals surface area contributed by atoms with Crippen LogP contribution in [-0.4, -0.2) is 41.3 Å². The number of piperidine rings is 1. The van der Waals surface area contributed by atoms with E-state index in [2.05, 4.69) is 47.9 Å². The zero-order valence-corrected chi connectivity index (χ0v) is 13.9. The molecule has 0 bridgehead atoms. The van der Waals surface area contributed by atoms with E-state index in [-0.39, 0.29) is 11.1 Å². The summed E-state index contributed by atoms with van der Waals surface area (Å²) < 4.78 is 5.62. The van der Waals surface area contributed by atoms with Crippen LogP contribution in [0.15, 0.2) is 12.4 Å². The second-order valence-corrected chi connectivity index (χ2v) is 7.17. The smallest absolute Gasteiger partial charge is 0.225 e. The van der Waals surface area contributed by atoms with Gasteiger partial charge in [0.1, 0.15) is 0 Å². The highest BCUT2D eigenvalue weighted by Gasteiger charge is 2.31. The summed E-state index contributed by atoms with van der Waals surface area (Å²) in [7, 11) is 1.78. The highest BCUT2D eigenvalue weighted by molar-refractivity contribution is 5.31. The zero-order valence-electron chi connectivity index (χ0n) is 13.9. The van der Waals surface area contributed by atoms with E-state index in [1.165, 1.54) is 0 Å². The van der Waals surface area contributed by atoms with Gasteiger partial charge in [-0.25, -0.2) is 9.97 Å². The van der Waals surface area contributed by atoms with Crippen LogP contribution in [0.25, 0.3) is 0 Å². The maximum atomic E-state index is 5.62. The van der Waals surface area contributed by atoms with Crippen LogP contribution in [0.5, 0.6) is 0 Å². The number of ether oxygens (including phenoxy) is 1. The first-order valence-electron chi connectivity index (χ1n) is 7.67. The van der Waals surface area contributed by atoms with Gasteiger partial charge >= 0.3 is 0 Å². The summed E-state index contributed by atoms with van der Waals surface area (Å²) in [6.07, 6.45) is 6.04. The van der Waals surface area contributed by atoms with Crippen molar-refractivity contribution in [2.45, 2.75) is 58.2 Å². The molecule has 1 unspecified atom stereocenters. The molecule has 1 aliphatic heterocycles. The van der Waals surface area contributed by atoms with Crippen molar-refractivity contribution in [3.8, 4) is 0 Å². The molecule has 1 aliphatic rings. The lowest BCUT2D eigenvalue weighted by Gasteiger charge is -2.39. The summed E-state index contributed by atoms with van der Waals surface area (Å²) >= 11 is 0. The third-order valence-electron chi connectivity index (χ3n) is 3.95. The minimum Gasteiger partial charge on any atom is -0.377 e. The van der Waals surface area contributed by atoms with Crippen LogP contribution in [0.1, 0.15) is 46.1 Å². The monoisotopic (exact) mass is 292 g/mol. The average Bonchev–Trinajstić information content (AvgIpc) is 2.45.